The average Bonchev–Trinajstić information content (AvgIpc) is 3.17. The van der Waals surface area contributed by atoms with Crippen LogP contribution in [0.25, 0.3) is 21.7 Å². The molecule has 1 heterocycles. The molecule has 0 spiro atoms. The molecule has 0 aliphatic heterocycles. The van der Waals surface area contributed by atoms with Crippen LogP contribution in [0.5, 0.6) is 5.75 Å². The van der Waals surface area contributed by atoms with E-state index in [1.54, 1.807) is 7.11 Å². The standard InChI is InChI=1S/C24H23NO3/c1-4-20(17-10-11-21(27-3)15(2)13-17)25-24(26)23-14-19-18-8-6-5-7-16(18)9-12-22(19)28-23/h5-14,20H,4H2,1-3H3,(H,25,26)/t20-/m1/s1. The van der Waals surface area contributed by atoms with E-state index >= 15 is 0 Å². The van der Waals surface area contributed by atoms with E-state index in [4.69, 9.17) is 9.15 Å². The fourth-order valence-corrected chi connectivity index (χ4v) is 3.67. The SMILES string of the molecule is CC[C@@H](NC(=O)c1cc2c(ccc3ccccc32)o1)c1ccc(OC)c(C)c1. The first kappa shape index (κ1) is 18.1. The van der Waals surface area contributed by atoms with Crippen LogP contribution in [0, 0.1) is 6.92 Å². The summed E-state index contributed by atoms with van der Waals surface area (Å²) in [5.41, 5.74) is 2.82. The van der Waals surface area contributed by atoms with Crippen molar-refractivity contribution < 1.29 is 13.9 Å². The number of benzene rings is 3. The highest BCUT2D eigenvalue weighted by atomic mass is 16.5. The Labute approximate surface area is 164 Å². The lowest BCUT2D eigenvalue weighted by molar-refractivity contribution is 0.0909. The van der Waals surface area contributed by atoms with Crippen molar-refractivity contribution in [2.75, 3.05) is 7.11 Å². The molecule has 28 heavy (non-hydrogen) atoms. The van der Waals surface area contributed by atoms with E-state index in [-0.39, 0.29) is 11.9 Å². The lowest BCUT2D eigenvalue weighted by Gasteiger charge is -2.18. The molecule has 1 atom stereocenters. The third-order valence-corrected chi connectivity index (χ3v) is 5.18. The highest BCUT2D eigenvalue weighted by Crippen LogP contribution is 2.29. The van der Waals surface area contributed by atoms with E-state index in [0.717, 1.165) is 45.0 Å². The minimum atomic E-state index is -0.208. The molecule has 0 bridgehead atoms. The van der Waals surface area contributed by atoms with E-state index in [1.807, 2.05) is 55.5 Å². The molecule has 1 N–H and O–H groups in total. The zero-order valence-corrected chi connectivity index (χ0v) is 16.3. The van der Waals surface area contributed by atoms with Gasteiger partial charge in [0.15, 0.2) is 5.76 Å². The summed E-state index contributed by atoms with van der Waals surface area (Å²) in [6.07, 6.45) is 0.778. The third kappa shape index (κ3) is 3.22. The Bertz CT molecular complexity index is 1160. The number of nitrogens with one attached hydrogen (secondary N) is 1. The van der Waals surface area contributed by atoms with Crippen molar-refractivity contribution in [2.45, 2.75) is 26.3 Å². The summed E-state index contributed by atoms with van der Waals surface area (Å²) in [5.74, 6) is 0.963. The van der Waals surface area contributed by atoms with Crippen LogP contribution in [0.2, 0.25) is 0 Å². The predicted molar refractivity (Wildman–Crippen MR) is 112 cm³/mol. The molecule has 1 amide bonds. The highest BCUT2D eigenvalue weighted by molar-refractivity contribution is 6.08. The first-order chi connectivity index (χ1) is 13.6. The van der Waals surface area contributed by atoms with Gasteiger partial charge in [-0.25, -0.2) is 0 Å². The maximum atomic E-state index is 12.9. The molecule has 0 aliphatic rings. The summed E-state index contributed by atoms with van der Waals surface area (Å²) in [4.78, 5) is 12.9. The largest absolute Gasteiger partial charge is 0.496 e. The molecular formula is C24H23NO3. The van der Waals surface area contributed by atoms with Crippen LogP contribution in [-0.2, 0) is 0 Å². The number of hydrogen-bond acceptors (Lipinski definition) is 3. The quantitative estimate of drug-likeness (QED) is 0.482. The Morgan fingerprint density at radius 1 is 1.07 bits per heavy atom. The Balaban J connectivity index is 1.63. The fraction of sp³-hybridized carbons (Fsp3) is 0.208. The number of methoxy groups -OCH3 is 1. The van der Waals surface area contributed by atoms with Gasteiger partial charge in [0.25, 0.3) is 5.91 Å². The van der Waals surface area contributed by atoms with Crippen LogP contribution in [0.1, 0.15) is 41.1 Å². The number of aryl methyl sites for hydroxylation is 1. The molecule has 1 aromatic heterocycles. The van der Waals surface area contributed by atoms with Crippen LogP contribution in [0.4, 0.5) is 0 Å². The zero-order valence-electron chi connectivity index (χ0n) is 16.3. The van der Waals surface area contributed by atoms with Crippen LogP contribution < -0.4 is 10.1 Å². The lowest BCUT2D eigenvalue weighted by atomic mass is 10.0. The van der Waals surface area contributed by atoms with Crippen LogP contribution in [0.15, 0.2) is 65.1 Å². The number of amides is 1. The maximum absolute atomic E-state index is 12.9. The maximum Gasteiger partial charge on any atom is 0.287 e. The van der Waals surface area contributed by atoms with Crippen molar-refractivity contribution >= 4 is 27.6 Å². The van der Waals surface area contributed by atoms with Crippen molar-refractivity contribution in [2.24, 2.45) is 0 Å². The van der Waals surface area contributed by atoms with E-state index in [0.29, 0.717) is 5.76 Å². The molecule has 0 saturated heterocycles. The summed E-state index contributed by atoms with van der Waals surface area (Å²) in [6.45, 7) is 4.05. The number of carbonyl (C=O) groups excluding carboxylic acids is 1. The van der Waals surface area contributed by atoms with Crippen molar-refractivity contribution in [3.05, 3.63) is 77.6 Å². The van der Waals surface area contributed by atoms with Gasteiger partial charge in [0.1, 0.15) is 11.3 Å². The van der Waals surface area contributed by atoms with E-state index < -0.39 is 0 Å². The van der Waals surface area contributed by atoms with Crippen LogP contribution in [0.3, 0.4) is 0 Å². The molecular weight excluding hydrogens is 350 g/mol. The van der Waals surface area contributed by atoms with Crippen molar-refractivity contribution in [1.29, 1.82) is 0 Å². The highest BCUT2D eigenvalue weighted by Gasteiger charge is 2.19. The zero-order chi connectivity index (χ0) is 19.7. The van der Waals surface area contributed by atoms with E-state index in [2.05, 4.69) is 24.4 Å². The third-order valence-electron chi connectivity index (χ3n) is 5.18. The monoisotopic (exact) mass is 373 g/mol. The normalized spacial score (nSPS) is 12.2. The number of ether oxygens (including phenoxy) is 1. The number of rotatable bonds is 5. The lowest BCUT2D eigenvalue weighted by Crippen LogP contribution is -2.27. The van der Waals surface area contributed by atoms with Gasteiger partial charge in [-0.05, 0) is 53.4 Å². The fourth-order valence-electron chi connectivity index (χ4n) is 3.67. The number of hydrogen-bond donors (Lipinski definition) is 1. The number of carbonyl (C=O) groups is 1. The molecule has 3 aromatic carbocycles. The molecule has 4 heteroatoms. The van der Waals surface area contributed by atoms with Crippen LogP contribution in [-0.4, -0.2) is 13.0 Å². The van der Waals surface area contributed by atoms with Gasteiger partial charge in [-0.2, -0.15) is 0 Å². The van der Waals surface area contributed by atoms with Crippen molar-refractivity contribution in [3.63, 3.8) is 0 Å². The minimum Gasteiger partial charge on any atom is -0.496 e. The van der Waals surface area contributed by atoms with Gasteiger partial charge in [0.05, 0.1) is 13.2 Å². The first-order valence-corrected chi connectivity index (χ1v) is 9.47. The second-order valence-corrected chi connectivity index (χ2v) is 6.97. The van der Waals surface area contributed by atoms with Gasteiger partial charge < -0.3 is 14.5 Å². The second kappa shape index (κ2) is 7.39. The molecule has 0 unspecified atom stereocenters. The van der Waals surface area contributed by atoms with E-state index in [1.165, 1.54) is 0 Å². The summed E-state index contributed by atoms with van der Waals surface area (Å²) < 4.78 is 11.2. The van der Waals surface area contributed by atoms with Crippen LogP contribution >= 0.6 is 0 Å². The number of fused-ring (bicyclic) bond motifs is 3. The Morgan fingerprint density at radius 2 is 1.89 bits per heavy atom. The summed E-state index contributed by atoms with van der Waals surface area (Å²) in [7, 11) is 1.66. The molecule has 4 aromatic rings. The minimum absolute atomic E-state index is 0.0953. The topological polar surface area (TPSA) is 51.5 Å². The molecule has 0 aliphatic carbocycles. The second-order valence-electron chi connectivity index (χ2n) is 6.97. The van der Waals surface area contributed by atoms with Gasteiger partial charge in [0, 0.05) is 5.39 Å². The Morgan fingerprint density at radius 3 is 2.64 bits per heavy atom. The number of furan rings is 1. The van der Waals surface area contributed by atoms with Gasteiger partial charge >= 0.3 is 0 Å². The molecule has 0 radical (unpaired) electrons. The van der Waals surface area contributed by atoms with Crippen molar-refractivity contribution in [3.8, 4) is 5.75 Å². The molecule has 4 rings (SSSR count). The van der Waals surface area contributed by atoms with Gasteiger partial charge in [-0.1, -0.05) is 49.4 Å². The Kier molecular flexibility index (Phi) is 4.78. The summed E-state index contributed by atoms with van der Waals surface area (Å²) >= 11 is 0. The van der Waals surface area contributed by atoms with Gasteiger partial charge in [-0.3, -0.25) is 4.79 Å². The van der Waals surface area contributed by atoms with E-state index in [9.17, 15) is 4.79 Å². The summed E-state index contributed by atoms with van der Waals surface area (Å²) in [5, 5.41) is 6.27. The molecule has 4 nitrogen and oxygen atoms in total. The summed E-state index contributed by atoms with van der Waals surface area (Å²) in [6, 6.07) is 19.7. The molecule has 0 saturated carbocycles. The average molecular weight is 373 g/mol. The molecule has 142 valence electrons. The van der Waals surface area contributed by atoms with Crippen molar-refractivity contribution in [1.82, 2.24) is 5.32 Å². The Hall–Kier alpha value is -3.27. The first-order valence-electron chi connectivity index (χ1n) is 9.47. The molecule has 0 fully saturated rings. The van der Waals surface area contributed by atoms with Gasteiger partial charge in [-0.15, -0.1) is 0 Å². The van der Waals surface area contributed by atoms with Gasteiger partial charge in [0.2, 0.25) is 0 Å². The predicted octanol–water partition coefficient (Wildman–Crippen LogP) is 5.78. The smallest absolute Gasteiger partial charge is 0.287 e.